The third-order valence-corrected chi connectivity index (χ3v) is 4.70. The number of benzene rings is 2. The predicted octanol–water partition coefficient (Wildman–Crippen LogP) is 3.47. The molecule has 0 aliphatic carbocycles. The molecule has 0 bridgehead atoms. The van der Waals surface area contributed by atoms with E-state index in [0.29, 0.717) is 13.0 Å². The molecule has 2 rings (SSSR count). The quantitative estimate of drug-likeness (QED) is 0.744. The van der Waals surface area contributed by atoms with Crippen molar-refractivity contribution in [2.24, 2.45) is 0 Å². The first-order valence-electron chi connectivity index (χ1n) is 8.40. The minimum atomic E-state index is -0.270. The van der Waals surface area contributed by atoms with Gasteiger partial charge in [0.25, 0.3) is 0 Å². The molecule has 2 amide bonds. The summed E-state index contributed by atoms with van der Waals surface area (Å²) < 4.78 is 12.8. The molecule has 0 radical (unpaired) electrons. The van der Waals surface area contributed by atoms with Gasteiger partial charge in [-0.3, -0.25) is 9.59 Å². The average Bonchev–Trinajstić information content (AvgIpc) is 2.59. The van der Waals surface area contributed by atoms with E-state index >= 15 is 0 Å². The first-order valence-corrected chi connectivity index (χ1v) is 9.55. The standard InChI is InChI=1S/C20H23FN2O2S/c1-14-3-8-18(15(2)11-14)23-20(25)13-26-12-19(24)22-10-9-16-4-6-17(21)7-5-16/h3-8,11H,9-10,12-13H2,1-2H3,(H,22,24)(H,23,25). The molecular weight excluding hydrogens is 351 g/mol. The van der Waals surface area contributed by atoms with Gasteiger partial charge >= 0.3 is 0 Å². The van der Waals surface area contributed by atoms with Crippen molar-refractivity contribution in [2.45, 2.75) is 20.3 Å². The molecular formula is C20H23FN2O2S. The highest BCUT2D eigenvalue weighted by Gasteiger charge is 2.07. The van der Waals surface area contributed by atoms with Crippen LogP contribution in [0.5, 0.6) is 0 Å². The number of aryl methyl sites for hydroxylation is 2. The lowest BCUT2D eigenvalue weighted by Gasteiger charge is -2.09. The molecule has 6 heteroatoms. The predicted molar refractivity (Wildman–Crippen MR) is 105 cm³/mol. The summed E-state index contributed by atoms with van der Waals surface area (Å²) in [5.74, 6) is -0.0617. The summed E-state index contributed by atoms with van der Waals surface area (Å²) in [6, 6.07) is 12.1. The number of amides is 2. The smallest absolute Gasteiger partial charge is 0.234 e. The van der Waals surface area contributed by atoms with Crippen molar-refractivity contribution in [2.75, 3.05) is 23.4 Å². The summed E-state index contributed by atoms with van der Waals surface area (Å²) in [6.45, 7) is 4.44. The monoisotopic (exact) mass is 374 g/mol. The summed E-state index contributed by atoms with van der Waals surface area (Å²) in [7, 11) is 0. The van der Waals surface area contributed by atoms with E-state index in [1.54, 1.807) is 12.1 Å². The maximum absolute atomic E-state index is 12.8. The van der Waals surface area contributed by atoms with Crippen molar-refractivity contribution < 1.29 is 14.0 Å². The molecule has 0 saturated carbocycles. The van der Waals surface area contributed by atoms with Crippen molar-refractivity contribution >= 4 is 29.3 Å². The highest BCUT2D eigenvalue weighted by Crippen LogP contribution is 2.16. The Balaban J connectivity index is 1.63. The molecule has 0 unspecified atom stereocenters. The Kier molecular flexibility index (Phi) is 7.66. The first kappa shape index (κ1) is 20.0. The lowest BCUT2D eigenvalue weighted by Crippen LogP contribution is -2.28. The Morgan fingerprint density at radius 3 is 2.38 bits per heavy atom. The van der Waals surface area contributed by atoms with Crippen LogP contribution in [0.1, 0.15) is 16.7 Å². The second-order valence-electron chi connectivity index (χ2n) is 6.09. The summed E-state index contributed by atoms with van der Waals surface area (Å²) in [5.41, 5.74) is 3.92. The lowest BCUT2D eigenvalue weighted by atomic mass is 10.1. The van der Waals surface area contributed by atoms with Crippen LogP contribution in [0.25, 0.3) is 0 Å². The van der Waals surface area contributed by atoms with Gasteiger partial charge in [-0.15, -0.1) is 11.8 Å². The molecule has 0 aromatic heterocycles. The van der Waals surface area contributed by atoms with Crippen LogP contribution in [0.15, 0.2) is 42.5 Å². The molecule has 0 fully saturated rings. The molecule has 0 saturated heterocycles. The number of carbonyl (C=O) groups excluding carboxylic acids is 2. The van der Waals surface area contributed by atoms with Crippen LogP contribution >= 0.6 is 11.8 Å². The number of anilines is 1. The van der Waals surface area contributed by atoms with Gasteiger partial charge in [-0.25, -0.2) is 4.39 Å². The zero-order valence-electron chi connectivity index (χ0n) is 15.0. The second-order valence-corrected chi connectivity index (χ2v) is 7.07. The van der Waals surface area contributed by atoms with Crippen LogP contribution in [0, 0.1) is 19.7 Å². The largest absolute Gasteiger partial charge is 0.355 e. The summed E-state index contributed by atoms with van der Waals surface area (Å²) in [5, 5.41) is 5.66. The number of hydrogen-bond acceptors (Lipinski definition) is 3. The van der Waals surface area contributed by atoms with Crippen LogP contribution in [0.3, 0.4) is 0 Å². The fraction of sp³-hybridized carbons (Fsp3) is 0.300. The van der Waals surface area contributed by atoms with E-state index in [1.165, 1.54) is 23.9 Å². The Labute approximate surface area is 157 Å². The average molecular weight is 374 g/mol. The molecule has 0 atom stereocenters. The third-order valence-electron chi connectivity index (χ3n) is 3.77. The maximum Gasteiger partial charge on any atom is 0.234 e. The first-order chi connectivity index (χ1) is 12.4. The van der Waals surface area contributed by atoms with Crippen molar-refractivity contribution in [1.29, 1.82) is 0 Å². The lowest BCUT2D eigenvalue weighted by molar-refractivity contribution is -0.118. The molecule has 138 valence electrons. The molecule has 0 spiro atoms. The van der Waals surface area contributed by atoms with Crippen LogP contribution < -0.4 is 10.6 Å². The van der Waals surface area contributed by atoms with Gasteiger partial charge < -0.3 is 10.6 Å². The van der Waals surface area contributed by atoms with Gasteiger partial charge in [0.1, 0.15) is 5.82 Å². The van der Waals surface area contributed by atoms with E-state index in [4.69, 9.17) is 0 Å². The highest BCUT2D eigenvalue weighted by atomic mass is 32.2. The van der Waals surface area contributed by atoms with E-state index in [2.05, 4.69) is 10.6 Å². The van der Waals surface area contributed by atoms with Gasteiger partial charge in [-0.1, -0.05) is 29.8 Å². The molecule has 0 aliphatic heterocycles. The number of rotatable bonds is 8. The molecule has 2 N–H and O–H groups in total. The zero-order chi connectivity index (χ0) is 18.9. The highest BCUT2D eigenvalue weighted by molar-refractivity contribution is 8.00. The van der Waals surface area contributed by atoms with Crippen molar-refractivity contribution in [3.63, 3.8) is 0 Å². The fourth-order valence-electron chi connectivity index (χ4n) is 2.42. The number of thioether (sulfide) groups is 1. The van der Waals surface area contributed by atoms with Crippen LogP contribution in [0.4, 0.5) is 10.1 Å². The zero-order valence-corrected chi connectivity index (χ0v) is 15.8. The van der Waals surface area contributed by atoms with Crippen LogP contribution in [0.2, 0.25) is 0 Å². The summed E-state index contributed by atoms with van der Waals surface area (Å²) in [6.07, 6.45) is 0.643. The Morgan fingerprint density at radius 2 is 1.69 bits per heavy atom. The molecule has 4 nitrogen and oxygen atoms in total. The number of carbonyl (C=O) groups is 2. The van der Waals surface area contributed by atoms with Crippen molar-refractivity contribution in [3.05, 3.63) is 65.0 Å². The molecule has 2 aromatic carbocycles. The minimum Gasteiger partial charge on any atom is -0.355 e. The van der Waals surface area contributed by atoms with Crippen LogP contribution in [-0.4, -0.2) is 29.9 Å². The fourth-order valence-corrected chi connectivity index (χ4v) is 3.07. The van der Waals surface area contributed by atoms with E-state index < -0.39 is 0 Å². The molecule has 2 aromatic rings. The van der Waals surface area contributed by atoms with Crippen molar-refractivity contribution in [3.8, 4) is 0 Å². The number of nitrogens with one attached hydrogen (secondary N) is 2. The molecule has 0 heterocycles. The molecule has 26 heavy (non-hydrogen) atoms. The molecule has 0 aliphatic rings. The van der Waals surface area contributed by atoms with Crippen molar-refractivity contribution in [1.82, 2.24) is 5.32 Å². The third kappa shape index (κ3) is 6.88. The SMILES string of the molecule is Cc1ccc(NC(=O)CSCC(=O)NCCc2ccc(F)cc2)c(C)c1. The number of halogens is 1. The van der Waals surface area contributed by atoms with Gasteiger partial charge in [-0.2, -0.15) is 0 Å². The number of hydrogen-bond donors (Lipinski definition) is 2. The van der Waals surface area contributed by atoms with E-state index in [1.807, 2.05) is 32.0 Å². The van der Waals surface area contributed by atoms with Crippen LogP contribution in [-0.2, 0) is 16.0 Å². The van der Waals surface area contributed by atoms with Gasteiger partial charge in [0.05, 0.1) is 11.5 Å². The minimum absolute atomic E-state index is 0.114. The van der Waals surface area contributed by atoms with Gasteiger partial charge in [0.15, 0.2) is 0 Å². The topological polar surface area (TPSA) is 58.2 Å². The normalized spacial score (nSPS) is 10.4. The second kappa shape index (κ2) is 9.97. The van der Waals surface area contributed by atoms with E-state index in [-0.39, 0.29) is 29.1 Å². The maximum atomic E-state index is 12.8. The Bertz CT molecular complexity index is 763. The Hall–Kier alpha value is -2.34. The summed E-state index contributed by atoms with van der Waals surface area (Å²) >= 11 is 1.27. The van der Waals surface area contributed by atoms with Gasteiger partial charge in [-0.05, 0) is 49.6 Å². The van der Waals surface area contributed by atoms with Gasteiger partial charge in [0.2, 0.25) is 11.8 Å². The Morgan fingerprint density at radius 1 is 1.00 bits per heavy atom. The summed E-state index contributed by atoms with van der Waals surface area (Å²) in [4.78, 5) is 23.8. The van der Waals surface area contributed by atoms with E-state index in [0.717, 1.165) is 22.4 Å². The van der Waals surface area contributed by atoms with Gasteiger partial charge in [0, 0.05) is 12.2 Å². The van der Waals surface area contributed by atoms with E-state index in [9.17, 15) is 14.0 Å².